The molecule has 0 N–H and O–H groups in total. The van der Waals surface area contributed by atoms with Crippen LogP contribution >= 0.6 is 15.9 Å². The summed E-state index contributed by atoms with van der Waals surface area (Å²) in [5, 5.41) is 0. The van der Waals surface area contributed by atoms with E-state index in [0.717, 1.165) is 10.0 Å². The molecule has 0 saturated carbocycles. The summed E-state index contributed by atoms with van der Waals surface area (Å²) in [5.74, 6) is 0.919. The van der Waals surface area contributed by atoms with E-state index >= 15 is 0 Å². The number of cyclic esters (lactones) is 1. The second-order valence-corrected chi connectivity index (χ2v) is 5.84. The number of para-hydroxylation sites is 1. The third-order valence-corrected chi connectivity index (χ3v) is 3.94. The standard InChI is InChI=1S/C18H14BrNO4/c1-22-15-6-4-3-5-11(15)9-14-18(21)24-17(20-14)13-10-12(19)7-8-16(13)23-2/h3-10H,1-2H3/b14-9+. The number of nitrogens with zero attached hydrogens (tertiary/aromatic N) is 1. The van der Waals surface area contributed by atoms with E-state index in [2.05, 4.69) is 20.9 Å². The summed E-state index contributed by atoms with van der Waals surface area (Å²) in [6, 6.07) is 12.8. The normalized spacial score (nSPS) is 15.2. The fraction of sp³-hybridized carbons (Fsp3) is 0.111. The smallest absolute Gasteiger partial charge is 0.363 e. The molecule has 2 aromatic rings. The van der Waals surface area contributed by atoms with Crippen LogP contribution in [0.3, 0.4) is 0 Å². The van der Waals surface area contributed by atoms with Gasteiger partial charge in [-0.15, -0.1) is 0 Å². The van der Waals surface area contributed by atoms with Crippen LogP contribution in [0.4, 0.5) is 0 Å². The summed E-state index contributed by atoms with van der Waals surface area (Å²) < 4.78 is 16.7. The summed E-state index contributed by atoms with van der Waals surface area (Å²) in [7, 11) is 3.13. The molecule has 0 aliphatic carbocycles. The molecule has 3 rings (SSSR count). The Morgan fingerprint density at radius 3 is 2.58 bits per heavy atom. The number of rotatable bonds is 4. The minimum Gasteiger partial charge on any atom is -0.496 e. The Bertz CT molecular complexity index is 858. The molecule has 0 atom stereocenters. The molecule has 0 bridgehead atoms. The lowest BCUT2D eigenvalue weighted by Crippen LogP contribution is -2.07. The molecule has 122 valence electrons. The highest BCUT2D eigenvalue weighted by molar-refractivity contribution is 9.10. The van der Waals surface area contributed by atoms with Crippen LogP contribution in [0.1, 0.15) is 11.1 Å². The van der Waals surface area contributed by atoms with E-state index in [-0.39, 0.29) is 11.6 Å². The molecule has 1 aliphatic heterocycles. The van der Waals surface area contributed by atoms with Gasteiger partial charge in [0.15, 0.2) is 5.70 Å². The van der Waals surface area contributed by atoms with E-state index in [1.54, 1.807) is 32.4 Å². The quantitative estimate of drug-likeness (QED) is 0.591. The number of methoxy groups -OCH3 is 2. The van der Waals surface area contributed by atoms with Crippen LogP contribution in [-0.2, 0) is 9.53 Å². The number of aliphatic imine (C=N–C) groups is 1. The lowest BCUT2D eigenvalue weighted by atomic mass is 10.1. The fourth-order valence-corrected chi connectivity index (χ4v) is 2.67. The summed E-state index contributed by atoms with van der Waals surface area (Å²) in [6.07, 6.45) is 1.64. The Balaban J connectivity index is 2.02. The summed E-state index contributed by atoms with van der Waals surface area (Å²) in [6.45, 7) is 0. The van der Waals surface area contributed by atoms with Gasteiger partial charge in [0.05, 0.1) is 19.8 Å². The average Bonchev–Trinajstić information content (AvgIpc) is 2.96. The van der Waals surface area contributed by atoms with Crippen molar-refractivity contribution in [2.45, 2.75) is 0 Å². The zero-order valence-corrected chi connectivity index (χ0v) is 14.7. The Morgan fingerprint density at radius 1 is 1.08 bits per heavy atom. The van der Waals surface area contributed by atoms with E-state index in [9.17, 15) is 4.79 Å². The van der Waals surface area contributed by atoms with Gasteiger partial charge in [0.2, 0.25) is 5.90 Å². The van der Waals surface area contributed by atoms with Gasteiger partial charge in [0.25, 0.3) is 0 Å². The topological polar surface area (TPSA) is 57.1 Å². The molecular formula is C18H14BrNO4. The van der Waals surface area contributed by atoms with Gasteiger partial charge < -0.3 is 14.2 Å². The van der Waals surface area contributed by atoms with E-state index in [1.807, 2.05) is 30.3 Å². The number of hydrogen-bond donors (Lipinski definition) is 0. The van der Waals surface area contributed by atoms with Gasteiger partial charge in [0, 0.05) is 10.0 Å². The second-order valence-electron chi connectivity index (χ2n) is 4.92. The molecule has 1 heterocycles. The van der Waals surface area contributed by atoms with Crippen LogP contribution in [0, 0.1) is 0 Å². The molecule has 5 nitrogen and oxygen atoms in total. The molecule has 0 aromatic heterocycles. The highest BCUT2D eigenvalue weighted by Gasteiger charge is 2.26. The molecule has 0 saturated heterocycles. The molecule has 0 radical (unpaired) electrons. The van der Waals surface area contributed by atoms with Gasteiger partial charge in [-0.05, 0) is 30.3 Å². The number of hydrogen-bond acceptors (Lipinski definition) is 5. The molecule has 0 amide bonds. The van der Waals surface area contributed by atoms with Crippen molar-refractivity contribution >= 4 is 33.9 Å². The van der Waals surface area contributed by atoms with Crippen molar-refractivity contribution in [2.24, 2.45) is 4.99 Å². The van der Waals surface area contributed by atoms with E-state index in [1.165, 1.54) is 0 Å². The van der Waals surface area contributed by atoms with Crippen molar-refractivity contribution in [3.05, 3.63) is 63.8 Å². The monoisotopic (exact) mass is 387 g/mol. The number of carbonyl (C=O) groups excluding carboxylic acids is 1. The summed E-state index contributed by atoms with van der Waals surface area (Å²) in [4.78, 5) is 16.5. The Kier molecular flexibility index (Phi) is 4.66. The van der Waals surface area contributed by atoms with Crippen molar-refractivity contribution in [3.8, 4) is 11.5 Å². The van der Waals surface area contributed by atoms with Crippen molar-refractivity contribution in [3.63, 3.8) is 0 Å². The maximum absolute atomic E-state index is 12.1. The lowest BCUT2D eigenvalue weighted by molar-refractivity contribution is -0.129. The molecule has 24 heavy (non-hydrogen) atoms. The second kappa shape index (κ2) is 6.88. The number of carbonyl (C=O) groups is 1. The minimum absolute atomic E-state index is 0.205. The van der Waals surface area contributed by atoms with Crippen molar-refractivity contribution < 1.29 is 19.0 Å². The lowest BCUT2D eigenvalue weighted by Gasteiger charge is -2.07. The zero-order valence-electron chi connectivity index (χ0n) is 13.1. The van der Waals surface area contributed by atoms with Gasteiger partial charge >= 0.3 is 5.97 Å². The summed E-state index contributed by atoms with van der Waals surface area (Å²) >= 11 is 3.39. The van der Waals surface area contributed by atoms with E-state index in [4.69, 9.17) is 14.2 Å². The number of benzene rings is 2. The SMILES string of the molecule is COc1ccccc1/C=C1/N=C(c2cc(Br)ccc2OC)OC1=O. The first kappa shape index (κ1) is 16.3. The highest BCUT2D eigenvalue weighted by Crippen LogP contribution is 2.29. The van der Waals surface area contributed by atoms with Crippen LogP contribution < -0.4 is 9.47 Å². The van der Waals surface area contributed by atoms with E-state index in [0.29, 0.717) is 17.1 Å². The first-order chi connectivity index (χ1) is 11.6. The van der Waals surface area contributed by atoms with Crippen LogP contribution in [-0.4, -0.2) is 26.1 Å². The molecule has 0 spiro atoms. The van der Waals surface area contributed by atoms with Crippen molar-refractivity contribution in [1.82, 2.24) is 0 Å². The van der Waals surface area contributed by atoms with Crippen LogP contribution in [0.15, 0.2) is 57.6 Å². The number of esters is 1. The van der Waals surface area contributed by atoms with Gasteiger partial charge in [-0.1, -0.05) is 34.1 Å². The molecule has 6 heteroatoms. The van der Waals surface area contributed by atoms with Gasteiger partial charge in [-0.2, -0.15) is 0 Å². The Hall–Kier alpha value is -2.60. The molecule has 2 aromatic carbocycles. The third kappa shape index (κ3) is 3.19. The molecule has 1 aliphatic rings. The number of ether oxygens (including phenoxy) is 3. The Morgan fingerprint density at radius 2 is 1.83 bits per heavy atom. The Labute approximate surface area is 147 Å². The average molecular weight is 388 g/mol. The highest BCUT2D eigenvalue weighted by atomic mass is 79.9. The largest absolute Gasteiger partial charge is 0.496 e. The van der Waals surface area contributed by atoms with E-state index < -0.39 is 5.97 Å². The predicted molar refractivity (Wildman–Crippen MR) is 94.3 cm³/mol. The third-order valence-electron chi connectivity index (χ3n) is 3.44. The molecule has 0 fully saturated rings. The van der Waals surface area contributed by atoms with Crippen molar-refractivity contribution in [1.29, 1.82) is 0 Å². The molecule has 0 unspecified atom stereocenters. The maximum Gasteiger partial charge on any atom is 0.363 e. The zero-order chi connectivity index (χ0) is 17.1. The first-order valence-electron chi connectivity index (χ1n) is 7.12. The van der Waals surface area contributed by atoms with Gasteiger partial charge in [-0.3, -0.25) is 0 Å². The summed E-state index contributed by atoms with van der Waals surface area (Å²) in [5.41, 5.74) is 1.55. The first-order valence-corrected chi connectivity index (χ1v) is 7.91. The predicted octanol–water partition coefficient (Wildman–Crippen LogP) is 3.81. The van der Waals surface area contributed by atoms with Crippen LogP contribution in [0.25, 0.3) is 6.08 Å². The van der Waals surface area contributed by atoms with Gasteiger partial charge in [0.1, 0.15) is 11.5 Å². The van der Waals surface area contributed by atoms with Crippen LogP contribution in [0.5, 0.6) is 11.5 Å². The van der Waals surface area contributed by atoms with Gasteiger partial charge in [-0.25, -0.2) is 9.79 Å². The number of halogens is 1. The maximum atomic E-state index is 12.1. The molecular weight excluding hydrogens is 374 g/mol. The van der Waals surface area contributed by atoms with Crippen molar-refractivity contribution in [2.75, 3.05) is 14.2 Å². The van der Waals surface area contributed by atoms with Crippen LogP contribution in [0.2, 0.25) is 0 Å². The minimum atomic E-state index is -0.516. The fourth-order valence-electron chi connectivity index (χ4n) is 2.30.